The molecule has 0 bridgehead atoms. The number of aliphatic hydroxyl groups is 1. The van der Waals surface area contributed by atoms with Gasteiger partial charge in [-0.1, -0.05) is 6.07 Å². The van der Waals surface area contributed by atoms with E-state index in [-0.39, 0.29) is 24.5 Å². The van der Waals surface area contributed by atoms with E-state index in [1.54, 1.807) is 0 Å². The molecule has 1 N–H and O–H groups in total. The normalized spacial score (nSPS) is 26.9. The molecule has 5 heteroatoms. The first-order chi connectivity index (χ1) is 11.0. The molecule has 0 unspecified atom stereocenters. The summed E-state index contributed by atoms with van der Waals surface area (Å²) in [7, 11) is 0. The summed E-state index contributed by atoms with van der Waals surface area (Å²) >= 11 is 0. The van der Waals surface area contributed by atoms with Crippen molar-refractivity contribution in [2.75, 3.05) is 39.5 Å². The smallest absolute Gasteiger partial charge is 0.260 e. The number of nitrogens with zero attached hydrogens (tertiary/aromatic N) is 1. The molecule has 1 aromatic rings. The lowest BCUT2D eigenvalue weighted by Gasteiger charge is -2.36. The Morgan fingerprint density at radius 1 is 1.43 bits per heavy atom. The molecular weight excluding hydrogens is 294 g/mol. The van der Waals surface area contributed by atoms with Crippen LogP contribution in [0.5, 0.6) is 5.75 Å². The number of benzene rings is 1. The highest BCUT2D eigenvalue weighted by atomic mass is 16.5. The molecule has 0 aliphatic carbocycles. The lowest BCUT2D eigenvalue weighted by molar-refractivity contribution is -0.133. The van der Waals surface area contributed by atoms with Gasteiger partial charge >= 0.3 is 0 Å². The van der Waals surface area contributed by atoms with E-state index in [1.165, 1.54) is 5.56 Å². The Bertz CT molecular complexity index is 588. The number of carbonyl (C=O) groups is 1. The SMILES string of the molecule is Cc1ccc(OCC(=O)N2C[C@@H]3CCOC[C@]3(CO)C2)cc1C. The molecule has 0 aromatic heterocycles. The van der Waals surface area contributed by atoms with Gasteiger partial charge in [-0.15, -0.1) is 0 Å². The van der Waals surface area contributed by atoms with Crippen LogP contribution in [-0.4, -0.2) is 55.4 Å². The van der Waals surface area contributed by atoms with Gasteiger partial charge in [0.25, 0.3) is 5.91 Å². The van der Waals surface area contributed by atoms with E-state index in [4.69, 9.17) is 9.47 Å². The fourth-order valence-electron chi connectivity index (χ4n) is 3.55. The maximum atomic E-state index is 12.5. The zero-order chi connectivity index (χ0) is 16.4. The summed E-state index contributed by atoms with van der Waals surface area (Å²) in [6.07, 6.45) is 0.905. The van der Waals surface area contributed by atoms with Crippen LogP contribution in [0.2, 0.25) is 0 Å². The van der Waals surface area contributed by atoms with Gasteiger partial charge in [-0.2, -0.15) is 0 Å². The highest BCUT2D eigenvalue weighted by Gasteiger charge is 2.49. The minimum Gasteiger partial charge on any atom is -0.484 e. The predicted molar refractivity (Wildman–Crippen MR) is 86.4 cm³/mol. The van der Waals surface area contributed by atoms with Gasteiger partial charge in [-0.3, -0.25) is 4.79 Å². The van der Waals surface area contributed by atoms with Crippen LogP contribution in [0.4, 0.5) is 0 Å². The Kier molecular flexibility index (Phi) is 4.60. The summed E-state index contributed by atoms with van der Waals surface area (Å²) in [5.74, 6) is 1.02. The first-order valence-corrected chi connectivity index (χ1v) is 8.20. The van der Waals surface area contributed by atoms with Crippen LogP contribution in [0.15, 0.2) is 18.2 Å². The molecule has 126 valence electrons. The fraction of sp³-hybridized carbons (Fsp3) is 0.611. The summed E-state index contributed by atoms with van der Waals surface area (Å²) in [6.45, 7) is 6.69. The summed E-state index contributed by atoms with van der Waals surface area (Å²) in [5, 5.41) is 9.77. The third-order valence-corrected chi connectivity index (χ3v) is 5.32. The third kappa shape index (κ3) is 3.21. The fourth-order valence-corrected chi connectivity index (χ4v) is 3.55. The van der Waals surface area contributed by atoms with Crippen molar-refractivity contribution in [2.24, 2.45) is 11.3 Å². The Morgan fingerprint density at radius 2 is 2.26 bits per heavy atom. The van der Waals surface area contributed by atoms with E-state index >= 15 is 0 Å². The van der Waals surface area contributed by atoms with Crippen molar-refractivity contribution < 1.29 is 19.4 Å². The number of ether oxygens (including phenoxy) is 2. The number of hydrogen-bond acceptors (Lipinski definition) is 4. The molecule has 3 rings (SSSR count). The molecular formula is C18H25NO4. The standard InChI is InChI=1S/C18H25NO4/c1-13-3-4-16(7-14(13)2)23-9-17(21)19-8-15-5-6-22-12-18(15,10-19)11-20/h3-4,7,15,20H,5-6,8-12H2,1-2H3/t15-,18+/m0/s1. The van der Waals surface area contributed by atoms with Gasteiger partial charge in [0.1, 0.15) is 5.75 Å². The quantitative estimate of drug-likeness (QED) is 0.914. The zero-order valence-corrected chi connectivity index (χ0v) is 13.9. The summed E-state index contributed by atoms with van der Waals surface area (Å²) in [5.41, 5.74) is 2.07. The number of hydrogen-bond donors (Lipinski definition) is 1. The first kappa shape index (κ1) is 16.3. The van der Waals surface area contributed by atoms with Crippen molar-refractivity contribution in [2.45, 2.75) is 20.3 Å². The molecule has 5 nitrogen and oxygen atoms in total. The molecule has 2 heterocycles. The third-order valence-electron chi connectivity index (χ3n) is 5.32. The van der Waals surface area contributed by atoms with Crippen LogP contribution in [0.3, 0.4) is 0 Å². The summed E-state index contributed by atoms with van der Waals surface area (Å²) < 4.78 is 11.2. The molecule has 0 saturated carbocycles. The van der Waals surface area contributed by atoms with Crippen LogP contribution >= 0.6 is 0 Å². The summed E-state index contributed by atoms with van der Waals surface area (Å²) in [6, 6.07) is 5.84. The highest BCUT2D eigenvalue weighted by molar-refractivity contribution is 5.78. The molecule has 2 saturated heterocycles. The molecule has 2 fully saturated rings. The number of amides is 1. The lowest BCUT2D eigenvalue weighted by atomic mass is 9.76. The minimum absolute atomic E-state index is 0.0227. The van der Waals surface area contributed by atoms with Crippen molar-refractivity contribution in [3.63, 3.8) is 0 Å². The minimum atomic E-state index is -0.283. The zero-order valence-electron chi connectivity index (χ0n) is 13.9. The average molecular weight is 319 g/mol. The predicted octanol–water partition coefficient (Wildman–Crippen LogP) is 1.54. The van der Waals surface area contributed by atoms with Crippen molar-refractivity contribution in [1.82, 2.24) is 4.90 Å². The molecule has 2 atom stereocenters. The Morgan fingerprint density at radius 3 is 2.96 bits per heavy atom. The van der Waals surface area contributed by atoms with E-state index < -0.39 is 0 Å². The van der Waals surface area contributed by atoms with Crippen LogP contribution in [0.1, 0.15) is 17.5 Å². The van der Waals surface area contributed by atoms with Crippen LogP contribution in [0.25, 0.3) is 0 Å². The topological polar surface area (TPSA) is 59.0 Å². The molecule has 1 amide bonds. The Hall–Kier alpha value is -1.59. The summed E-state index contributed by atoms with van der Waals surface area (Å²) in [4.78, 5) is 14.3. The second-order valence-corrected chi connectivity index (χ2v) is 6.87. The number of fused-ring (bicyclic) bond motifs is 1. The number of rotatable bonds is 4. The molecule has 1 aromatic carbocycles. The van der Waals surface area contributed by atoms with Gasteiger partial charge in [-0.25, -0.2) is 0 Å². The molecule has 2 aliphatic rings. The van der Waals surface area contributed by atoms with E-state index in [0.29, 0.717) is 32.2 Å². The van der Waals surface area contributed by atoms with E-state index in [2.05, 4.69) is 0 Å². The Balaban J connectivity index is 1.59. The maximum absolute atomic E-state index is 12.5. The van der Waals surface area contributed by atoms with Gasteiger partial charge in [0.2, 0.25) is 0 Å². The second-order valence-electron chi connectivity index (χ2n) is 6.87. The lowest BCUT2D eigenvalue weighted by Crippen LogP contribution is -2.43. The molecule has 23 heavy (non-hydrogen) atoms. The van der Waals surface area contributed by atoms with Gasteiger partial charge in [-0.05, 0) is 49.4 Å². The number of aliphatic hydroxyl groups excluding tert-OH is 1. The van der Waals surface area contributed by atoms with Crippen LogP contribution < -0.4 is 4.74 Å². The van der Waals surface area contributed by atoms with Crippen molar-refractivity contribution in [1.29, 1.82) is 0 Å². The van der Waals surface area contributed by atoms with Crippen LogP contribution in [-0.2, 0) is 9.53 Å². The monoisotopic (exact) mass is 319 g/mol. The van der Waals surface area contributed by atoms with Gasteiger partial charge < -0.3 is 19.5 Å². The second kappa shape index (κ2) is 6.49. The van der Waals surface area contributed by atoms with Gasteiger partial charge in [0.15, 0.2) is 6.61 Å². The average Bonchev–Trinajstić information content (AvgIpc) is 2.96. The largest absolute Gasteiger partial charge is 0.484 e. The van der Waals surface area contributed by atoms with Gasteiger partial charge in [0.05, 0.1) is 13.2 Å². The maximum Gasteiger partial charge on any atom is 0.260 e. The van der Waals surface area contributed by atoms with E-state index in [1.807, 2.05) is 36.9 Å². The number of likely N-dealkylation sites (tertiary alicyclic amines) is 1. The number of aryl methyl sites for hydroxylation is 2. The first-order valence-electron chi connectivity index (χ1n) is 8.20. The van der Waals surface area contributed by atoms with Crippen LogP contribution in [0, 0.1) is 25.2 Å². The molecule has 0 radical (unpaired) electrons. The number of carbonyl (C=O) groups excluding carboxylic acids is 1. The van der Waals surface area contributed by atoms with E-state index in [0.717, 1.165) is 17.7 Å². The van der Waals surface area contributed by atoms with Gasteiger partial charge in [0, 0.05) is 25.1 Å². The van der Waals surface area contributed by atoms with Crippen molar-refractivity contribution in [3.8, 4) is 5.75 Å². The highest BCUT2D eigenvalue weighted by Crippen LogP contribution is 2.40. The molecule has 0 spiro atoms. The molecule has 2 aliphatic heterocycles. The van der Waals surface area contributed by atoms with Crippen molar-refractivity contribution in [3.05, 3.63) is 29.3 Å². The van der Waals surface area contributed by atoms with E-state index in [9.17, 15) is 9.90 Å². The van der Waals surface area contributed by atoms with Crippen molar-refractivity contribution >= 4 is 5.91 Å². The Labute approximate surface area is 137 Å².